The van der Waals surface area contributed by atoms with Crippen LogP contribution in [0, 0.1) is 5.92 Å². The van der Waals surface area contributed by atoms with Crippen LogP contribution in [0.3, 0.4) is 0 Å². The van der Waals surface area contributed by atoms with E-state index in [1.54, 1.807) is 0 Å². The van der Waals surface area contributed by atoms with Gasteiger partial charge in [0.05, 0.1) is 11.0 Å². The number of nitrogens with zero attached hydrogens (tertiary/aromatic N) is 2. The van der Waals surface area contributed by atoms with Crippen molar-refractivity contribution >= 4 is 28.5 Å². The molecule has 1 aromatic heterocycles. The molecule has 0 bridgehead atoms. The monoisotopic (exact) mass is 367 g/mol. The molecule has 0 unspecified atom stereocenters. The number of rotatable bonds is 4. The third-order valence-electron chi connectivity index (χ3n) is 5.08. The lowest BCUT2D eigenvalue weighted by atomic mass is 10.0. The number of aromatic nitrogens is 2. The zero-order valence-electron chi connectivity index (χ0n) is 14.8. The molecule has 134 valence electrons. The van der Waals surface area contributed by atoms with Gasteiger partial charge in [0.1, 0.15) is 5.82 Å². The Kier molecular flexibility index (Phi) is 4.68. The van der Waals surface area contributed by atoms with Crippen LogP contribution in [0.15, 0.2) is 42.5 Å². The first-order valence-electron chi connectivity index (χ1n) is 9.12. The van der Waals surface area contributed by atoms with Crippen LogP contribution < -0.4 is 5.32 Å². The SMILES string of the molecule is C[C@H]1CCn2c(nc3cc(C(=O)NCCc4ccc(Cl)cc4)ccc32)C1. The van der Waals surface area contributed by atoms with E-state index >= 15 is 0 Å². The minimum Gasteiger partial charge on any atom is -0.352 e. The maximum atomic E-state index is 12.5. The Labute approximate surface area is 158 Å². The van der Waals surface area contributed by atoms with Crippen molar-refractivity contribution in [2.24, 2.45) is 5.92 Å². The number of benzene rings is 2. The summed E-state index contributed by atoms with van der Waals surface area (Å²) in [6, 6.07) is 13.5. The highest BCUT2D eigenvalue weighted by atomic mass is 35.5. The van der Waals surface area contributed by atoms with Crippen LogP contribution in [0.4, 0.5) is 0 Å². The third kappa shape index (κ3) is 3.47. The van der Waals surface area contributed by atoms with E-state index in [1.165, 1.54) is 6.42 Å². The van der Waals surface area contributed by atoms with E-state index in [2.05, 4.69) is 16.8 Å². The van der Waals surface area contributed by atoms with Gasteiger partial charge in [0.25, 0.3) is 5.91 Å². The van der Waals surface area contributed by atoms with E-state index < -0.39 is 0 Å². The van der Waals surface area contributed by atoms with Gasteiger partial charge in [-0.25, -0.2) is 4.98 Å². The fraction of sp³-hybridized carbons (Fsp3) is 0.333. The first-order chi connectivity index (χ1) is 12.6. The van der Waals surface area contributed by atoms with Gasteiger partial charge in [0.2, 0.25) is 0 Å². The maximum absolute atomic E-state index is 12.5. The Morgan fingerprint density at radius 2 is 2.08 bits per heavy atom. The average molecular weight is 368 g/mol. The highest BCUT2D eigenvalue weighted by Crippen LogP contribution is 2.25. The minimum atomic E-state index is -0.0554. The molecular formula is C21H22ClN3O. The Morgan fingerprint density at radius 1 is 1.27 bits per heavy atom. The van der Waals surface area contributed by atoms with Gasteiger partial charge in [-0.3, -0.25) is 4.79 Å². The smallest absolute Gasteiger partial charge is 0.251 e. The van der Waals surface area contributed by atoms with Crippen LogP contribution in [0.1, 0.15) is 35.1 Å². The molecule has 5 heteroatoms. The molecule has 1 amide bonds. The standard InChI is InChI=1S/C21H22ClN3O/c1-14-9-11-25-19-7-4-16(13-18(19)24-20(25)12-14)21(26)23-10-8-15-2-5-17(22)6-3-15/h2-7,13-14H,8-12H2,1H3,(H,23,26)/t14-/m0/s1. The Hall–Kier alpha value is -2.33. The van der Waals surface area contributed by atoms with Crippen LogP contribution >= 0.6 is 11.6 Å². The van der Waals surface area contributed by atoms with Gasteiger partial charge < -0.3 is 9.88 Å². The normalized spacial score (nSPS) is 16.5. The molecule has 3 aromatic rings. The Bertz CT molecular complexity index is 946. The number of carbonyl (C=O) groups is 1. The van der Waals surface area contributed by atoms with E-state index in [4.69, 9.17) is 16.6 Å². The lowest BCUT2D eigenvalue weighted by Crippen LogP contribution is -2.25. The van der Waals surface area contributed by atoms with Crippen molar-refractivity contribution in [3.05, 3.63) is 64.4 Å². The summed E-state index contributed by atoms with van der Waals surface area (Å²) in [6.07, 6.45) is 2.98. The molecule has 1 atom stereocenters. The van der Waals surface area contributed by atoms with Crippen molar-refractivity contribution in [1.29, 1.82) is 0 Å². The maximum Gasteiger partial charge on any atom is 0.251 e. The summed E-state index contributed by atoms with van der Waals surface area (Å²) in [5.74, 6) is 1.76. The van der Waals surface area contributed by atoms with Crippen molar-refractivity contribution in [1.82, 2.24) is 14.9 Å². The van der Waals surface area contributed by atoms with Crippen molar-refractivity contribution in [2.45, 2.75) is 32.7 Å². The average Bonchev–Trinajstić information content (AvgIpc) is 2.99. The highest BCUT2D eigenvalue weighted by Gasteiger charge is 2.19. The second-order valence-corrected chi connectivity index (χ2v) is 7.55. The molecule has 1 aliphatic heterocycles. The second kappa shape index (κ2) is 7.12. The molecular weight excluding hydrogens is 346 g/mol. The van der Waals surface area contributed by atoms with E-state index in [1.807, 2.05) is 42.5 Å². The van der Waals surface area contributed by atoms with Crippen LogP contribution in [0.25, 0.3) is 11.0 Å². The van der Waals surface area contributed by atoms with Gasteiger partial charge in [-0.05, 0) is 54.7 Å². The number of amides is 1. The van der Waals surface area contributed by atoms with Crippen molar-refractivity contribution < 1.29 is 4.79 Å². The Balaban J connectivity index is 1.44. The van der Waals surface area contributed by atoms with Gasteiger partial charge >= 0.3 is 0 Å². The fourth-order valence-corrected chi connectivity index (χ4v) is 3.69. The van der Waals surface area contributed by atoms with Crippen LogP contribution in [0.2, 0.25) is 5.02 Å². The topological polar surface area (TPSA) is 46.9 Å². The summed E-state index contributed by atoms with van der Waals surface area (Å²) in [5, 5.41) is 3.71. The van der Waals surface area contributed by atoms with Crippen molar-refractivity contribution in [3.63, 3.8) is 0 Å². The summed E-state index contributed by atoms with van der Waals surface area (Å²) >= 11 is 5.89. The quantitative estimate of drug-likeness (QED) is 0.749. The summed E-state index contributed by atoms with van der Waals surface area (Å²) < 4.78 is 2.29. The highest BCUT2D eigenvalue weighted by molar-refractivity contribution is 6.30. The Morgan fingerprint density at radius 3 is 2.88 bits per heavy atom. The molecule has 2 heterocycles. The van der Waals surface area contributed by atoms with Gasteiger partial charge in [-0.2, -0.15) is 0 Å². The predicted molar refractivity (Wildman–Crippen MR) is 105 cm³/mol. The molecule has 4 nitrogen and oxygen atoms in total. The zero-order valence-corrected chi connectivity index (χ0v) is 15.6. The number of carbonyl (C=O) groups excluding carboxylic acids is 1. The van der Waals surface area contributed by atoms with E-state index in [0.29, 0.717) is 18.0 Å². The van der Waals surface area contributed by atoms with Crippen LogP contribution in [0.5, 0.6) is 0 Å². The number of halogens is 1. The summed E-state index contributed by atoms with van der Waals surface area (Å²) in [4.78, 5) is 17.2. The number of fused-ring (bicyclic) bond motifs is 3. The summed E-state index contributed by atoms with van der Waals surface area (Å²) in [5.41, 5.74) is 3.86. The number of hydrogen-bond acceptors (Lipinski definition) is 2. The molecule has 4 rings (SSSR count). The predicted octanol–water partition coefficient (Wildman–Crippen LogP) is 4.24. The molecule has 2 aromatic carbocycles. The van der Waals surface area contributed by atoms with E-state index in [9.17, 15) is 4.79 Å². The second-order valence-electron chi connectivity index (χ2n) is 7.11. The molecule has 0 radical (unpaired) electrons. The summed E-state index contributed by atoms with van der Waals surface area (Å²) in [6.45, 7) is 3.87. The molecule has 1 N–H and O–H groups in total. The zero-order chi connectivity index (χ0) is 18.1. The third-order valence-corrected chi connectivity index (χ3v) is 5.33. The molecule has 0 spiro atoms. The fourth-order valence-electron chi connectivity index (χ4n) is 3.56. The van der Waals surface area contributed by atoms with Crippen molar-refractivity contribution in [3.8, 4) is 0 Å². The summed E-state index contributed by atoms with van der Waals surface area (Å²) in [7, 11) is 0. The minimum absolute atomic E-state index is 0.0554. The van der Waals surface area contributed by atoms with Gasteiger partial charge in [-0.1, -0.05) is 30.7 Å². The molecule has 26 heavy (non-hydrogen) atoms. The number of hydrogen-bond donors (Lipinski definition) is 1. The molecule has 0 fully saturated rings. The van der Waals surface area contributed by atoms with Gasteiger partial charge in [0.15, 0.2) is 0 Å². The number of aryl methyl sites for hydroxylation is 1. The number of nitrogens with one attached hydrogen (secondary N) is 1. The van der Waals surface area contributed by atoms with Gasteiger partial charge in [-0.15, -0.1) is 0 Å². The van der Waals surface area contributed by atoms with E-state index in [0.717, 1.165) is 46.8 Å². The first kappa shape index (κ1) is 17.1. The molecule has 0 saturated heterocycles. The lowest BCUT2D eigenvalue weighted by Gasteiger charge is -2.19. The molecule has 0 saturated carbocycles. The number of imidazole rings is 1. The molecule has 1 aliphatic rings. The van der Waals surface area contributed by atoms with Crippen LogP contribution in [-0.4, -0.2) is 22.0 Å². The first-order valence-corrected chi connectivity index (χ1v) is 9.50. The molecule has 0 aliphatic carbocycles. The van der Waals surface area contributed by atoms with E-state index in [-0.39, 0.29) is 5.91 Å². The largest absolute Gasteiger partial charge is 0.352 e. The van der Waals surface area contributed by atoms with Crippen molar-refractivity contribution in [2.75, 3.05) is 6.54 Å². The van der Waals surface area contributed by atoms with Gasteiger partial charge in [0, 0.05) is 30.1 Å². The lowest BCUT2D eigenvalue weighted by molar-refractivity contribution is 0.0954. The van der Waals surface area contributed by atoms with Crippen LogP contribution in [-0.2, 0) is 19.4 Å².